The van der Waals surface area contributed by atoms with Crippen LogP contribution < -0.4 is 0 Å². The Hall–Kier alpha value is -8.41. The number of benzene rings is 9. The van der Waals surface area contributed by atoms with E-state index in [1.807, 2.05) is 18.2 Å². The second-order valence-corrected chi connectivity index (χ2v) is 16.7. The molecule has 0 N–H and O–H groups in total. The molecule has 0 radical (unpaired) electrons. The molecule has 5 nitrogen and oxygen atoms in total. The van der Waals surface area contributed by atoms with Gasteiger partial charge in [-0.05, 0) is 81.4 Å². The SMILES string of the molecule is c1ccc(-c2nc(-c3ccc(-n4c5ccccc5c5ccc6c(c54)-c4ccccc4C64c5ccccc5-c5ccccc54)cc3)nc(-n3c4ccccc4c4ccccc43)n2)cc1. The van der Waals surface area contributed by atoms with Crippen LogP contribution in [0.5, 0.6) is 0 Å². The second-order valence-electron chi connectivity index (χ2n) is 16.7. The minimum Gasteiger partial charge on any atom is -0.309 e. The van der Waals surface area contributed by atoms with Gasteiger partial charge in [-0.2, -0.15) is 9.97 Å². The predicted octanol–water partition coefficient (Wildman–Crippen LogP) is 13.7. The van der Waals surface area contributed by atoms with E-state index in [9.17, 15) is 0 Å². The molecule has 9 aromatic carbocycles. The van der Waals surface area contributed by atoms with Crippen LogP contribution in [0.15, 0.2) is 212 Å². The average molecular weight is 802 g/mol. The Morgan fingerprint density at radius 3 is 1.38 bits per heavy atom. The zero-order valence-corrected chi connectivity index (χ0v) is 33.9. The molecule has 0 bridgehead atoms. The highest BCUT2D eigenvalue weighted by molar-refractivity contribution is 6.16. The lowest BCUT2D eigenvalue weighted by Gasteiger charge is -2.30. The van der Waals surface area contributed by atoms with E-state index >= 15 is 0 Å². The van der Waals surface area contributed by atoms with E-state index < -0.39 is 5.41 Å². The van der Waals surface area contributed by atoms with Crippen LogP contribution in [0.25, 0.3) is 100 Å². The van der Waals surface area contributed by atoms with Crippen molar-refractivity contribution in [2.75, 3.05) is 0 Å². The first-order valence-electron chi connectivity index (χ1n) is 21.5. The summed E-state index contributed by atoms with van der Waals surface area (Å²) in [4.78, 5) is 15.5. The molecule has 0 saturated carbocycles. The highest BCUT2D eigenvalue weighted by Crippen LogP contribution is 2.64. The molecule has 5 heteroatoms. The van der Waals surface area contributed by atoms with E-state index in [4.69, 9.17) is 15.0 Å². The lowest BCUT2D eigenvalue weighted by molar-refractivity contribution is 0.794. The average Bonchev–Trinajstić information content (AvgIpc) is 4.06. The Balaban J connectivity index is 0.994. The molecular formula is C58H35N5. The molecule has 0 saturated heterocycles. The van der Waals surface area contributed by atoms with Crippen molar-refractivity contribution in [3.05, 3.63) is 235 Å². The maximum absolute atomic E-state index is 5.25. The van der Waals surface area contributed by atoms with Crippen LogP contribution >= 0.6 is 0 Å². The van der Waals surface area contributed by atoms with Crippen molar-refractivity contribution in [2.45, 2.75) is 5.41 Å². The quantitative estimate of drug-likeness (QED) is 0.178. The third-order valence-electron chi connectivity index (χ3n) is 13.6. The summed E-state index contributed by atoms with van der Waals surface area (Å²) in [6.45, 7) is 0. The normalized spacial score (nSPS) is 13.2. The van der Waals surface area contributed by atoms with Crippen LogP contribution in [0.1, 0.15) is 22.3 Å². The molecule has 3 aromatic heterocycles. The third-order valence-corrected chi connectivity index (χ3v) is 13.6. The summed E-state index contributed by atoms with van der Waals surface area (Å²) in [7, 11) is 0. The van der Waals surface area contributed by atoms with Crippen LogP contribution in [0, 0.1) is 0 Å². The fraction of sp³-hybridized carbons (Fsp3) is 0.0172. The van der Waals surface area contributed by atoms with Gasteiger partial charge in [0.1, 0.15) is 0 Å². The van der Waals surface area contributed by atoms with E-state index in [1.54, 1.807) is 0 Å². The Morgan fingerprint density at radius 1 is 0.317 bits per heavy atom. The van der Waals surface area contributed by atoms with Gasteiger partial charge in [-0.15, -0.1) is 0 Å². The molecule has 2 aliphatic rings. The summed E-state index contributed by atoms with van der Waals surface area (Å²) in [5.74, 6) is 1.83. The van der Waals surface area contributed by atoms with Gasteiger partial charge in [0.05, 0.1) is 27.5 Å². The van der Waals surface area contributed by atoms with Crippen LogP contribution in [-0.2, 0) is 5.41 Å². The molecule has 3 heterocycles. The maximum atomic E-state index is 5.25. The highest BCUT2D eigenvalue weighted by atomic mass is 15.2. The zero-order valence-electron chi connectivity index (χ0n) is 33.9. The first-order chi connectivity index (χ1) is 31.3. The van der Waals surface area contributed by atoms with Crippen molar-refractivity contribution < 1.29 is 0 Å². The number of nitrogens with zero attached hydrogens (tertiary/aromatic N) is 5. The van der Waals surface area contributed by atoms with E-state index in [2.05, 4.69) is 203 Å². The first-order valence-corrected chi connectivity index (χ1v) is 21.5. The molecule has 0 aliphatic heterocycles. The molecule has 63 heavy (non-hydrogen) atoms. The fourth-order valence-electron chi connectivity index (χ4n) is 11.1. The van der Waals surface area contributed by atoms with Crippen LogP contribution in [0.4, 0.5) is 0 Å². The van der Waals surface area contributed by atoms with Crippen LogP contribution in [0.3, 0.4) is 0 Å². The molecule has 292 valence electrons. The summed E-state index contributed by atoms with van der Waals surface area (Å²) < 4.78 is 4.64. The zero-order chi connectivity index (χ0) is 41.2. The lowest BCUT2D eigenvalue weighted by Crippen LogP contribution is -2.25. The highest BCUT2D eigenvalue weighted by Gasteiger charge is 2.52. The Morgan fingerprint density at radius 2 is 0.778 bits per heavy atom. The molecule has 14 rings (SSSR count). The maximum Gasteiger partial charge on any atom is 0.238 e. The van der Waals surface area contributed by atoms with Crippen molar-refractivity contribution in [3.8, 4) is 56.7 Å². The molecular weight excluding hydrogens is 767 g/mol. The topological polar surface area (TPSA) is 48.5 Å². The van der Waals surface area contributed by atoms with Gasteiger partial charge in [-0.3, -0.25) is 4.57 Å². The number of fused-ring (bicyclic) bond motifs is 17. The van der Waals surface area contributed by atoms with Crippen LogP contribution in [0.2, 0.25) is 0 Å². The van der Waals surface area contributed by atoms with Crippen molar-refractivity contribution >= 4 is 43.6 Å². The molecule has 0 atom stereocenters. The van der Waals surface area contributed by atoms with Gasteiger partial charge in [0.25, 0.3) is 0 Å². The Kier molecular flexibility index (Phi) is 6.97. The molecule has 0 amide bonds. The van der Waals surface area contributed by atoms with Gasteiger partial charge < -0.3 is 4.57 Å². The van der Waals surface area contributed by atoms with Gasteiger partial charge >= 0.3 is 0 Å². The molecule has 0 fully saturated rings. The van der Waals surface area contributed by atoms with E-state index in [-0.39, 0.29) is 0 Å². The largest absolute Gasteiger partial charge is 0.309 e. The van der Waals surface area contributed by atoms with Gasteiger partial charge in [-0.25, -0.2) is 4.98 Å². The van der Waals surface area contributed by atoms with E-state index in [0.717, 1.165) is 38.6 Å². The number of para-hydroxylation sites is 3. The third kappa shape index (κ3) is 4.57. The number of rotatable bonds is 4. The summed E-state index contributed by atoms with van der Waals surface area (Å²) in [6.07, 6.45) is 0. The van der Waals surface area contributed by atoms with Gasteiger partial charge in [0, 0.05) is 43.9 Å². The van der Waals surface area contributed by atoms with Crippen molar-refractivity contribution in [1.82, 2.24) is 24.1 Å². The number of hydrogen-bond acceptors (Lipinski definition) is 3. The Bertz CT molecular complexity index is 3760. The summed E-state index contributed by atoms with van der Waals surface area (Å²) >= 11 is 0. The molecule has 0 unspecified atom stereocenters. The predicted molar refractivity (Wildman–Crippen MR) is 256 cm³/mol. The van der Waals surface area contributed by atoms with E-state index in [1.165, 1.54) is 66.3 Å². The van der Waals surface area contributed by atoms with Crippen molar-refractivity contribution in [2.24, 2.45) is 0 Å². The Labute approximate surface area is 362 Å². The standard InChI is InChI=1S/C58H35N5/c1-2-16-36(17-3-1)55-59-56(61-57(60-55)63-51-28-14-7-20-41(51)42-21-8-15-29-52(42)63)37-30-32-38(33-31-37)62-50-27-13-9-22-43(50)44-34-35-49-53(54(44)62)45-23-6-12-26-48(45)58(49)46-24-10-4-18-39(46)40-19-5-11-25-47(40)58/h1-35H. The lowest BCUT2D eigenvalue weighted by atomic mass is 9.70. The van der Waals surface area contributed by atoms with E-state index in [0.29, 0.717) is 17.6 Å². The molecule has 12 aromatic rings. The minimum atomic E-state index is -0.429. The van der Waals surface area contributed by atoms with Gasteiger partial charge in [-0.1, -0.05) is 170 Å². The van der Waals surface area contributed by atoms with Crippen LogP contribution in [-0.4, -0.2) is 24.1 Å². The summed E-state index contributed by atoms with van der Waals surface area (Å²) in [5.41, 5.74) is 17.5. The summed E-state index contributed by atoms with van der Waals surface area (Å²) in [6, 6.07) is 76.6. The molecule has 1 spiro atoms. The second kappa shape index (κ2) is 12.8. The molecule has 2 aliphatic carbocycles. The fourth-order valence-corrected chi connectivity index (χ4v) is 11.1. The monoisotopic (exact) mass is 801 g/mol. The number of hydrogen-bond donors (Lipinski definition) is 0. The number of aromatic nitrogens is 5. The smallest absolute Gasteiger partial charge is 0.238 e. The van der Waals surface area contributed by atoms with Gasteiger partial charge in [0.2, 0.25) is 5.95 Å². The van der Waals surface area contributed by atoms with Gasteiger partial charge in [0.15, 0.2) is 11.6 Å². The summed E-state index contributed by atoms with van der Waals surface area (Å²) in [5, 5.41) is 4.79. The minimum absolute atomic E-state index is 0.429. The first kappa shape index (κ1) is 34.3. The van der Waals surface area contributed by atoms with Crippen molar-refractivity contribution in [1.29, 1.82) is 0 Å². The van der Waals surface area contributed by atoms with Crippen molar-refractivity contribution in [3.63, 3.8) is 0 Å².